The summed E-state index contributed by atoms with van der Waals surface area (Å²) >= 11 is 0. The van der Waals surface area contributed by atoms with Gasteiger partial charge in [0.05, 0.1) is 0 Å². The van der Waals surface area contributed by atoms with Gasteiger partial charge in [-0.15, -0.1) is 0 Å². The Balaban J connectivity index is 0.000000488. The fourth-order valence-electron chi connectivity index (χ4n) is 2.02. The third-order valence-corrected chi connectivity index (χ3v) is 3.43. The van der Waals surface area contributed by atoms with Gasteiger partial charge in [0, 0.05) is 30.4 Å². The number of benzene rings is 1. The van der Waals surface area contributed by atoms with Crippen molar-refractivity contribution in [3.8, 4) is 5.75 Å². The number of nitrogens with one attached hydrogen (secondary N) is 2. The lowest BCUT2D eigenvalue weighted by Gasteiger charge is -2.17. The Bertz CT molecular complexity index is 710. The number of hydrogen-bond acceptors (Lipinski definition) is 3. The predicted octanol–water partition coefficient (Wildman–Crippen LogP) is 5.08. The molecule has 3 N–H and O–H groups in total. The van der Waals surface area contributed by atoms with Crippen LogP contribution in [0.4, 0.5) is 0 Å². The van der Waals surface area contributed by atoms with Gasteiger partial charge < -0.3 is 15.7 Å². The largest absolute Gasteiger partial charge is 0.508 e. The lowest BCUT2D eigenvalue weighted by molar-refractivity contribution is -0.116. The van der Waals surface area contributed by atoms with E-state index in [1.807, 2.05) is 52.0 Å². The van der Waals surface area contributed by atoms with Crippen molar-refractivity contribution < 1.29 is 9.90 Å². The maximum Gasteiger partial charge on any atom is 0.245 e. The predicted molar refractivity (Wildman–Crippen MR) is 116 cm³/mol. The molecule has 0 saturated carbocycles. The molecule has 0 aliphatic carbocycles. The average molecular weight is 369 g/mol. The van der Waals surface area contributed by atoms with Gasteiger partial charge in [-0.1, -0.05) is 63.4 Å². The molecule has 1 aromatic carbocycles. The Labute approximate surface area is 163 Å². The summed E-state index contributed by atoms with van der Waals surface area (Å²) in [5.74, 6) is 0.234. The van der Waals surface area contributed by atoms with E-state index < -0.39 is 0 Å². The highest BCUT2D eigenvalue weighted by Gasteiger charge is 2.09. The van der Waals surface area contributed by atoms with Gasteiger partial charge in [0.25, 0.3) is 0 Å². The molecule has 1 amide bonds. The Kier molecular flexibility index (Phi) is 11.8. The molecule has 4 heteroatoms. The average Bonchev–Trinajstić information content (AvgIpc) is 2.64. The van der Waals surface area contributed by atoms with Gasteiger partial charge in [-0.05, 0) is 37.1 Å². The van der Waals surface area contributed by atoms with E-state index in [1.54, 1.807) is 18.2 Å². The second-order valence-corrected chi connectivity index (χ2v) is 5.67. The Morgan fingerprint density at radius 3 is 2.26 bits per heavy atom. The molecule has 0 atom stereocenters. The van der Waals surface area contributed by atoms with E-state index in [0.717, 1.165) is 34.5 Å². The highest BCUT2D eigenvalue weighted by atomic mass is 16.3. The zero-order chi connectivity index (χ0) is 20.8. The smallest absolute Gasteiger partial charge is 0.245 e. The van der Waals surface area contributed by atoms with Gasteiger partial charge in [-0.25, -0.2) is 0 Å². The van der Waals surface area contributed by atoms with Crippen LogP contribution in [0.25, 0.3) is 5.57 Å². The molecule has 146 valence electrons. The van der Waals surface area contributed by atoms with E-state index in [0.29, 0.717) is 12.3 Å². The highest BCUT2D eigenvalue weighted by molar-refractivity contribution is 5.89. The van der Waals surface area contributed by atoms with Crippen LogP contribution in [-0.2, 0) is 4.79 Å². The number of phenols is 1. The van der Waals surface area contributed by atoms with Crippen LogP contribution in [0.1, 0.15) is 39.7 Å². The van der Waals surface area contributed by atoms with Crippen LogP contribution in [0.15, 0.2) is 79.2 Å². The zero-order valence-corrected chi connectivity index (χ0v) is 16.9. The first-order valence-electron chi connectivity index (χ1n) is 9.04. The van der Waals surface area contributed by atoms with Crippen molar-refractivity contribution in [3.05, 3.63) is 84.8 Å². The number of allylic oxidation sites excluding steroid dienone is 3. The monoisotopic (exact) mass is 368 g/mol. The van der Waals surface area contributed by atoms with Crippen LogP contribution in [0.3, 0.4) is 0 Å². The standard InChI is InChI=1S/C12H16N2O.C9H10O.C2H6/c1-4-5-9(2)10(3)14-11-6-7-13-12(15)8-11;1-7(2)8-3-5-9(10)6-4-8;1-2/h4-5,8,14H,2-3,6-7H2,1H3,(H,13,15);3-6,10H,1H2,2H3;1-2H3/b5-4-;;. The van der Waals surface area contributed by atoms with E-state index >= 15 is 0 Å². The molecule has 0 bridgehead atoms. The third kappa shape index (κ3) is 9.90. The van der Waals surface area contributed by atoms with Crippen molar-refractivity contribution in [2.45, 2.75) is 34.1 Å². The molecule has 1 aliphatic heterocycles. The molecule has 27 heavy (non-hydrogen) atoms. The van der Waals surface area contributed by atoms with Crippen LogP contribution in [0.5, 0.6) is 5.75 Å². The molecular weight excluding hydrogens is 336 g/mol. The quantitative estimate of drug-likeness (QED) is 0.635. The van der Waals surface area contributed by atoms with Crippen molar-refractivity contribution in [1.29, 1.82) is 0 Å². The number of rotatable bonds is 5. The minimum Gasteiger partial charge on any atom is -0.508 e. The van der Waals surface area contributed by atoms with Crippen LogP contribution >= 0.6 is 0 Å². The van der Waals surface area contributed by atoms with Crippen molar-refractivity contribution in [3.63, 3.8) is 0 Å². The van der Waals surface area contributed by atoms with Crippen molar-refractivity contribution >= 4 is 11.5 Å². The second-order valence-electron chi connectivity index (χ2n) is 5.67. The van der Waals surface area contributed by atoms with Crippen molar-refractivity contribution in [2.75, 3.05) is 6.54 Å². The van der Waals surface area contributed by atoms with Gasteiger partial charge in [0.15, 0.2) is 0 Å². The minimum absolute atomic E-state index is 0.0619. The SMILES string of the molecule is C=C(/C=C\C)C(=C)NC1=CC(=O)NCC1.C=C(C)c1ccc(O)cc1.CC. The summed E-state index contributed by atoms with van der Waals surface area (Å²) in [5, 5.41) is 14.7. The first kappa shape index (κ1) is 24.0. The lowest BCUT2D eigenvalue weighted by atomic mass is 10.1. The van der Waals surface area contributed by atoms with Crippen LogP contribution < -0.4 is 10.6 Å². The van der Waals surface area contributed by atoms with E-state index in [4.69, 9.17) is 5.11 Å². The molecule has 1 aliphatic rings. The molecular formula is C23H32N2O2. The normalized spacial score (nSPS) is 12.4. The Morgan fingerprint density at radius 1 is 1.19 bits per heavy atom. The first-order chi connectivity index (χ1) is 12.8. The number of hydrogen-bond donors (Lipinski definition) is 3. The van der Waals surface area contributed by atoms with Gasteiger partial charge in [0.2, 0.25) is 5.91 Å². The van der Waals surface area contributed by atoms with Crippen LogP contribution in [0, 0.1) is 0 Å². The number of amides is 1. The summed E-state index contributed by atoms with van der Waals surface area (Å²) in [5.41, 5.74) is 4.52. The molecule has 1 aromatic rings. The number of carbonyl (C=O) groups is 1. The Hall–Kier alpha value is -3.01. The van der Waals surface area contributed by atoms with Gasteiger partial charge in [0.1, 0.15) is 5.75 Å². The molecule has 0 radical (unpaired) electrons. The number of carbonyl (C=O) groups excluding carboxylic acids is 1. The summed E-state index contributed by atoms with van der Waals surface area (Å²) in [6, 6.07) is 7.00. The zero-order valence-electron chi connectivity index (χ0n) is 16.9. The van der Waals surface area contributed by atoms with E-state index in [2.05, 4.69) is 30.4 Å². The van der Waals surface area contributed by atoms with E-state index in [1.165, 1.54) is 0 Å². The topological polar surface area (TPSA) is 61.4 Å². The minimum atomic E-state index is -0.0619. The molecule has 4 nitrogen and oxygen atoms in total. The molecule has 0 aromatic heterocycles. The molecule has 0 saturated heterocycles. The number of phenolic OH excluding ortho intramolecular Hbond substituents is 1. The maximum absolute atomic E-state index is 11.1. The van der Waals surface area contributed by atoms with Crippen molar-refractivity contribution in [2.24, 2.45) is 0 Å². The molecule has 0 fully saturated rings. The Morgan fingerprint density at radius 2 is 1.78 bits per heavy atom. The summed E-state index contributed by atoms with van der Waals surface area (Å²) in [7, 11) is 0. The summed E-state index contributed by atoms with van der Waals surface area (Å²) in [4.78, 5) is 11.1. The maximum atomic E-state index is 11.1. The first-order valence-corrected chi connectivity index (χ1v) is 9.04. The van der Waals surface area contributed by atoms with Crippen LogP contribution in [0.2, 0.25) is 0 Å². The lowest BCUT2D eigenvalue weighted by Crippen LogP contribution is -2.30. The molecule has 2 rings (SSSR count). The summed E-state index contributed by atoms with van der Waals surface area (Å²) in [6.07, 6.45) is 6.13. The second kappa shape index (κ2) is 13.2. The fraction of sp³-hybridized carbons (Fsp3) is 0.261. The number of aromatic hydroxyl groups is 1. The molecule has 0 unspecified atom stereocenters. The van der Waals surface area contributed by atoms with Gasteiger partial charge >= 0.3 is 0 Å². The summed E-state index contributed by atoms with van der Waals surface area (Å²) < 4.78 is 0. The van der Waals surface area contributed by atoms with E-state index in [-0.39, 0.29) is 5.91 Å². The van der Waals surface area contributed by atoms with Gasteiger partial charge in [-0.3, -0.25) is 4.79 Å². The van der Waals surface area contributed by atoms with E-state index in [9.17, 15) is 4.79 Å². The van der Waals surface area contributed by atoms with Crippen LogP contribution in [-0.4, -0.2) is 17.6 Å². The molecule has 1 heterocycles. The third-order valence-electron chi connectivity index (χ3n) is 3.43. The van der Waals surface area contributed by atoms with Gasteiger partial charge in [-0.2, -0.15) is 0 Å². The summed E-state index contributed by atoms with van der Waals surface area (Å²) in [6.45, 7) is 20.0. The fourth-order valence-corrected chi connectivity index (χ4v) is 2.02. The highest BCUT2D eigenvalue weighted by Crippen LogP contribution is 2.15. The van der Waals surface area contributed by atoms with Crippen molar-refractivity contribution in [1.82, 2.24) is 10.6 Å². The molecule has 0 spiro atoms.